The molecular formula is C14H20N2O4S. The highest BCUT2D eigenvalue weighted by Crippen LogP contribution is 2.21. The maximum absolute atomic E-state index is 12.7. The highest BCUT2D eigenvalue weighted by molar-refractivity contribution is 7.89. The Morgan fingerprint density at radius 3 is 2.43 bits per heavy atom. The highest BCUT2D eigenvalue weighted by atomic mass is 32.2. The van der Waals surface area contributed by atoms with E-state index in [-0.39, 0.29) is 16.5 Å². The third-order valence-corrected chi connectivity index (χ3v) is 5.72. The molecular weight excluding hydrogens is 292 g/mol. The maximum atomic E-state index is 12.7. The zero-order valence-corrected chi connectivity index (χ0v) is 13.0. The van der Waals surface area contributed by atoms with Crippen molar-refractivity contribution < 1.29 is 18.3 Å². The van der Waals surface area contributed by atoms with Gasteiger partial charge in [0.05, 0.1) is 10.5 Å². The van der Waals surface area contributed by atoms with Crippen LogP contribution < -0.4 is 0 Å². The summed E-state index contributed by atoms with van der Waals surface area (Å²) in [7, 11) is -1.61. The van der Waals surface area contributed by atoms with Crippen molar-refractivity contribution in [2.75, 3.05) is 26.7 Å². The first-order valence-corrected chi connectivity index (χ1v) is 8.30. The first-order valence-electron chi connectivity index (χ1n) is 6.86. The summed E-state index contributed by atoms with van der Waals surface area (Å²) in [5, 5.41) is 8.87. The van der Waals surface area contributed by atoms with Crippen molar-refractivity contribution in [3.63, 3.8) is 0 Å². The van der Waals surface area contributed by atoms with Gasteiger partial charge in [-0.2, -0.15) is 4.31 Å². The van der Waals surface area contributed by atoms with Crippen LogP contribution in [-0.2, 0) is 10.0 Å². The van der Waals surface area contributed by atoms with E-state index < -0.39 is 16.0 Å². The Labute approximate surface area is 125 Å². The summed E-state index contributed by atoms with van der Waals surface area (Å²) in [6.07, 6.45) is 0.785. The van der Waals surface area contributed by atoms with Crippen molar-refractivity contribution >= 4 is 16.0 Å². The van der Waals surface area contributed by atoms with Crippen molar-refractivity contribution in [1.29, 1.82) is 0 Å². The van der Waals surface area contributed by atoms with Crippen LogP contribution in [0.1, 0.15) is 23.7 Å². The number of carboxylic acid groups (broad SMARTS) is 1. The highest BCUT2D eigenvalue weighted by Gasteiger charge is 2.31. The number of hydrogen-bond acceptors (Lipinski definition) is 4. The fourth-order valence-corrected chi connectivity index (χ4v) is 4.27. The fraction of sp³-hybridized carbons (Fsp3) is 0.500. The number of sulfonamides is 1. The second kappa shape index (κ2) is 6.13. The lowest BCUT2D eigenvalue weighted by atomic mass is 10.2. The monoisotopic (exact) mass is 312 g/mol. The molecule has 2 rings (SSSR count). The molecule has 0 spiro atoms. The minimum atomic E-state index is -3.59. The lowest BCUT2D eigenvalue weighted by Gasteiger charge is -2.27. The standard InChI is InChI=1S/C14H20N2O4S/c1-11-10-15(2)8-3-9-16(11)21(19,20)13-6-4-12(5-7-13)14(17)18/h4-7,11H,3,8-10H2,1-2H3,(H,17,18). The Morgan fingerprint density at radius 1 is 1.24 bits per heavy atom. The second-order valence-corrected chi connectivity index (χ2v) is 7.30. The van der Waals surface area contributed by atoms with Crippen molar-refractivity contribution in [3.8, 4) is 0 Å². The minimum Gasteiger partial charge on any atom is -0.478 e. The molecule has 0 aromatic heterocycles. The number of benzene rings is 1. The van der Waals surface area contributed by atoms with Gasteiger partial charge >= 0.3 is 5.97 Å². The van der Waals surface area contributed by atoms with Crippen molar-refractivity contribution in [2.24, 2.45) is 0 Å². The van der Waals surface area contributed by atoms with Crippen molar-refractivity contribution in [1.82, 2.24) is 9.21 Å². The summed E-state index contributed by atoms with van der Waals surface area (Å²) in [5.74, 6) is -1.07. The third-order valence-electron chi connectivity index (χ3n) is 3.69. The lowest BCUT2D eigenvalue weighted by molar-refractivity contribution is 0.0696. The first kappa shape index (κ1) is 15.9. The molecule has 7 heteroatoms. The van der Waals surface area contributed by atoms with Crippen LogP contribution in [0.15, 0.2) is 29.2 Å². The quantitative estimate of drug-likeness (QED) is 0.904. The van der Waals surface area contributed by atoms with E-state index in [0.29, 0.717) is 13.1 Å². The largest absolute Gasteiger partial charge is 0.478 e. The first-order chi connectivity index (χ1) is 9.82. The zero-order valence-electron chi connectivity index (χ0n) is 12.2. The molecule has 0 amide bonds. The topological polar surface area (TPSA) is 77.9 Å². The van der Waals surface area contributed by atoms with Gasteiger partial charge in [0.25, 0.3) is 0 Å². The molecule has 1 saturated heterocycles. The molecule has 116 valence electrons. The molecule has 1 atom stereocenters. The van der Waals surface area contributed by atoms with Gasteiger partial charge < -0.3 is 10.0 Å². The van der Waals surface area contributed by atoms with E-state index in [1.165, 1.54) is 28.6 Å². The zero-order chi connectivity index (χ0) is 15.6. The van der Waals surface area contributed by atoms with Gasteiger partial charge in [-0.05, 0) is 51.2 Å². The molecule has 1 aliphatic heterocycles. The molecule has 0 aliphatic carbocycles. The average Bonchev–Trinajstić information content (AvgIpc) is 2.59. The molecule has 1 N–H and O–H groups in total. The van der Waals surface area contributed by atoms with Crippen LogP contribution in [-0.4, -0.2) is 61.4 Å². The number of aromatic carboxylic acids is 1. The number of carbonyl (C=O) groups is 1. The Kier molecular flexibility index (Phi) is 4.65. The summed E-state index contributed by atoms with van der Waals surface area (Å²) < 4.78 is 26.9. The Hall–Kier alpha value is -1.44. The van der Waals surface area contributed by atoms with Crippen LogP contribution in [0.3, 0.4) is 0 Å². The molecule has 21 heavy (non-hydrogen) atoms. The van der Waals surface area contributed by atoms with E-state index in [1.54, 1.807) is 0 Å². The number of hydrogen-bond donors (Lipinski definition) is 1. The van der Waals surface area contributed by atoms with E-state index in [2.05, 4.69) is 4.90 Å². The van der Waals surface area contributed by atoms with Crippen molar-refractivity contribution in [2.45, 2.75) is 24.3 Å². The molecule has 1 aromatic carbocycles. The molecule has 1 aromatic rings. The van der Waals surface area contributed by atoms with Gasteiger partial charge in [0.1, 0.15) is 0 Å². The number of likely N-dealkylation sites (N-methyl/N-ethyl adjacent to an activating group) is 1. The number of carboxylic acids is 1. The normalized spacial score (nSPS) is 21.9. The van der Waals surface area contributed by atoms with Crippen LogP contribution in [0, 0.1) is 0 Å². The van der Waals surface area contributed by atoms with Crippen LogP contribution in [0.5, 0.6) is 0 Å². The van der Waals surface area contributed by atoms with E-state index >= 15 is 0 Å². The Balaban J connectivity index is 2.30. The van der Waals surface area contributed by atoms with Gasteiger partial charge in [-0.1, -0.05) is 0 Å². The molecule has 1 heterocycles. The van der Waals surface area contributed by atoms with Gasteiger partial charge in [-0.3, -0.25) is 0 Å². The Bertz CT molecular complexity index is 612. The van der Waals surface area contributed by atoms with E-state index in [4.69, 9.17) is 5.11 Å². The maximum Gasteiger partial charge on any atom is 0.335 e. The molecule has 1 fully saturated rings. The molecule has 0 saturated carbocycles. The molecule has 1 aliphatic rings. The summed E-state index contributed by atoms with van der Waals surface area (Å²) in [5.41, 5.74) is 0.0811. The predicted molar refractivity (Wildman–Crippen MR) is 78.9 cm³/mol. The van der Waals surface area contributed by atoms with Crippen LogP contribution in [0.4, 0.5) is 0 Å². The third kappa shape index (κ3) is 3.42. The van der Waals surface area contributed by atoms with Crippen LogP contribution >= 0.6 is 0 Å². The number of rotatable bonds is 3. The number of nitrogens with zero attached hydrogens (tertiary/aromatic N) is 2. The van der Waals surface area contributed by atoms with E-state index in [0.717, 1.165) is 13.0 Å². The van der Waals surface area contributed by atoms with Crippen LogP contribution in [0.25, 0.3) is 0 Å². The average molecular weight is 312 g/mol. The van der Waals surface area contributed by atoms with Gasteiger partial charge in [-0.15, -0.1) is 0 Å². The SMILES string of the molecule is CC1CN(C)CCCN1S(=O)(=O)c1ccc(C(=O)O)cc1. The Morgan fingerprint density at radius 2 is 1.86 bits per heavy atom. The van der Waals surface area contributed by atoms with Gasteiger partial charge in [0, 0.05) is 19.1 Å². The van der Waals surface area contributed by atoms with Gasteiger partial charge in [0.15, 0.2) is 0 Å². The molecule has 0 radical (unpaired) electrons. The molecule has 0 bridgehead atoms. The second-order valence-electron chi connectivity index (χ2n) is 5.41. The van der Waals surface area contributed by atoms with E-state index in [9.17, 15) is 13.2 Å². The summed E-state index contributed by atoms with van der Waals surface area (Å²) in [6.45, 7) is 3.93. The smallest absolute Gasteiger partial charge is 0.335 e. The van der Waals surface area contributed by atoms with Gasteiger partial charge in [0.2, 0.25) is 10.0 Å². The molecule has 1 unspecified atom stereocenters. The summed E-state index contributed by atoms with van der Waals surface area (Å²) in [4.78, 5) is 13.1. The van der Waals surface area contributed by atoms with Crippen molar-refractivity contribution in [3.05, 3.63) is 29.8 Å². The van der Waals surface area contributed by atoms with Gasteiger partial charge in [-0.25, -0.2) is 13.2 Å². The lowest BCUT2D eigenvalue weighted by Crippen LogP contribution is -2.41. The summed E-state index contributed by atoms with van der Waals surface area (Å²) in [6, 6.07) is 5.26. The predicted octanol–water partition coefficient (Wildman–Crippen LogP) is 1.10. The minimum absolute atomic E-state index is 0.0811. The fourth-order valence-electron chi connectivity index (χ4n) is 2.61. The summed E-state index contributed by atoms with van der Waals surface area (Å²) >= 11 is 0. The van der Waals surface area contributed by atoms with Crippen LogP contribution in [0.2, 0.25) is 0 Å². The van der Waals surface area contributed by atoms with E-state index in [1.807, 2.05) is 14.0 Å². The molecule has 6 nitrogen and oxygen atoms in total.